The highest BCUT2D eigenvalue weighted by Gasteiger charge is 1.81. The lowest BCUT2D eigenvalue weighted by Crippen LogP contribution is -1.44. The zero-order valence-corrected chi connectivity index (χ0v) is 4.18. The summed E-state index contributed by atoms with van der Waals surface area (Å²) >= 11 is 0. The number of halogens is 1. The highest BCUT2D eigenvalue weighted by molar-refractivity contribution is 5.85. The van der Waals surface area contributed by atoms with E-state index >= 15 is 0 Å². The van der Waals surface area contributed by atoms with Crippen LogP contribution >= 0.6 is 12.4 Å². The molecule has 0 radical (unpaired) electrons. The van der Waals surface area contributed by atoms with E-state index in [2.05, 4.69) is 9.40 Å². The van der Waals surface area contributed by atoms with Crippen LogP contribution in [0.25, 0.3) is 0 Å². The third-order valence-corrected chi connectivity index (χ3v) is 0.419. The van der Waals surface area contributed by atoms with Crippen molar-refractivity contribution < 1.29 is 9.52 Å². The molecule has 0 fully saturated rings. The van der Waals surface area contributed by atoms with Crippen LogP contribution in [0.5, 0.6) is 5.95 Å². The van der Waals surface area contributed by atoms with Crippen molar-refractivity contribution in [2.24, 2.45) is 0 Å². The van der Waals surface area contributed by atoms with Crippen molar-refractivity contribution in [3.8, 4) is 5.95 Å². The largest absolute Gasteiger partial charge is 0.480 e. The number of aromatic nitrogens is 1. The van der Waals surface area contributed by atoms with Gasteiger partial charge < -0.3 is 9.52 Å². The van der Waals surface area contributed by atoms with Gasteiger partial charge in [-0.05, 0) is 0 Å². The highest BCUT2D eigenvalue weighted by atomic mass is 35.5. The molecule has 1 aromatic heterocycles. The second-order valence-corrected chi connectivity index (χ2v) is 0.840. The molecule has 0 aliphatic rings. The molecule has 0 aromatic carbocycles. The molecule has 0 aliphatic heterocycles. The second kappa shape index (κ2) is 2.47. The van der Waals surface area contributed by atoms with Crippen LogP contribution in [0.15, 0.2) is 17.0 Å². The van der Waals surface area contributed by atoms with E-state index in [0.717, 1.165) is 6.39 Å². The first-order valence-corrected chi connectivity index (χ1v) is 1.47. The maximum atomic E-state index is 8.24. The zero-order chi connectivity index (χ0) is 4.41. The van der Waals surface area contributed by atoms with Crippen molar-refractivity contribution in [2.45, 2.75) is 0 Å². The van der Waals surface area contributed by atoms with Crippen molar-refractivity contribution in [1.29, 1.82) is 0 Å². The minimum absolute atomic E-state index is 0. The molecular formula is C3H4ClNO2. The van der Waals surface area contributed by atoms with Gasteiger partial charge in [0.1, 0.15) is 6.20 Å². The van der Waals surface area contributed by atoms with E-state index in [-0.39, 0.29) is 18.4 Å². The van der Waals surface area contributed by atoms with Crippen LogP contribution in [0.2, 0.25) is 0 Å². The number of aromatic hydroxyl groups is 1. The second-order valence-electron chi connectivity index (χ2n) is 0.840. The quantitative estimate of drug-likeness (QED) is 0.552. The summed E-state index contributed by atoms with van der Waals surface area (Å²) in [5, 5.41) is 8.24. The van der Waals surface area contributed by atoms with Gasteiger partial charge in [-0.2, -0.15) is 0 Å². The summed E-state index contributed by atoms with van der Waals surface area (Å²) in [5.74, 6) is -0.144. The molecule has 1 N–H and O–H groups in total. The van der Waals surface area contributed by atoms with Gasteiger partial charge in [-0.15, -0.1) is 12.4 Å². The molecule has 1 rings (SSSR count). The average Bonchev–Trinajstić information content (AvgIpc) is 1.86. The monoisotopic (exact) mass is 121 g/mol. The van der Waals surface area contributed by atoms with Crippen molar-refractivity contribution in [1.82, 2.24) is 4.98 Å². The van der Waals surface area contributed by atoms with Gasteiger partial charge in [0.15, 0.2) is 6.39 Å². The first-order valence-electron chi connectivity index (χ1n) is 1.47. The highest BCUT2D eigenvalue weighted by Crippen LogP contribution is 2.00. The van der Waals surface area contributed by atoms with E-state index in [0.29, 0.717) is 0 Å². The Morgan fingerprint density at radius 3 is 2.57 bits per heavy atom. The van der Waals surface area contributed by atoms with E-state index in [9.17, 15) is 0 Å². The molecule has 3 nitrogen and oxygen atoms in total. The number of oxazole rings is 1. The lowest BCUT2D eigenvalue weighted by atomic mass is 10.9. The smallest absolute Gasteiger partial charge is 0.302 e. The molecule has 0 aliphatic carbocycles. The predicted molar refractivity (Wildman–Crippen MR) is 25.4 cm³/mol. The SMILES string of the molecule is Cl.Oc1cnco1. The fourth-order valence-corrected chi connectivity index (χ4v) is 0.209. The zero-order valence-electron chi connectivity index (χ0n) is 3.37. The van der Waals surface area contributed by atoms with Crippen molar-refractivity contribution >= 4 is 12.4 Å². The molecule has 0 atom stereocenters. The van der Waals surface area contributed by atoms with Crippen LogP contribution in [0.4, 0.5) is 0 Å². The topological polar surface area (TPSA) is 46.3 Å². The Kier molecular flexibility index (Phi) is 2.22. The minimum atomic E-state index is -0.144. The van der Waals surface area contributed by atoms with Gasteiger partial charge in [0.05, 0.1) is 0 Å². The summed E-state index contributed by atoms with van der Waals surface area (Å²) < 4.78 is 4.28. The van der Waals surface area contributed by atoms with Gasteiger partial charge >= 0.3 is 5.95 Å². The Labute approximate surface area is 46.4 Å². The molecule has 0 saturated carbocycles. The van der Waals surface area contributed by atoms with Gasteiger partial charge in [0.2, 0.25) is 0 Å². The standard InChI is InChI=1S/C3H3NO2.ClH/c5-3-1-4-2-6-3;/h1-2,5H;1H. The normalized spacial score (nSPS) is 7.43. The Morgan fingerprint density at radius 2 is 2.43 bits per heavy atom. The summed E-state index contributed by atoms with van der Waals surface area (Å²) in [6, 6.07) is 0. The lowest BCUT2D eigenvalue weighted by molar-refractivity contribution is 0.332. The summed E-state index contributed by atoms with van der Waals surface area (Å²) in [5.41, 5.74) is 0. The molecule has 0 unspecified atom stereocenters. The molecule has 0 bridgehead atoms. The Hall–Kier alpha value is -0.700. The molecule has 0 spiro atoms. The third-order valence-electron chi connectivity index (χ3n) is 0.419. The Bertz CT molecular complexity index is 116. The van der Waals surface area contributed by atoms with Crippen LogP contribution in [0.3, 0.4) is 0 Å². The number of hydrogen-bond donors (Lipinski definition) is 1. The fraction of sp³-hybridized carbons (Fsp3) is 0. The number of rotatable bonds is 0. The van der Waals surface area contributed by atoms with Gasteiger partial charge in [0, 0.05) is 0 Å². The van der Waals surface area contributed by atoms with Crippen LogP contribution in [-0.4, -0.2) is 10.1 Å². The maximum absolute atomic E-state index is 8.24. The molecule has 40 valence electrons. The molecule has 4 heteroatoms. The number of hydrogen-bond acceptors (Lipinski definition) is 3. The number of nitrogens with zero attached hydrogens (tertiary/aromatic N) is 1. The lowest BCUT2D eigenvalue weighted by Gasteiger charge is -1.67. The summed E-state index contributed by atoms with van der Waals surface area (Å²) in [7, 11) is 0. The van der Waals surface area contributed by atoms with Gasteiger partial charge in [0.25, 0.3) is 0 Å². The van der Waals surface area contributed by atoms with Crippen molar-refractivity contribution in [2.75, 3.05) is 0 Å². The average molecular weight is 122 g/mol. The van der Waals surface area contributed by atoms with Crippen LogP contribution in [-0.2, 0) is 0 Å². The van der Waals surface area contributed by atoms with E-state index in [1.807, 2.05) is 0 Å². The summed E-state index contributed by atoms with van der Waals surface area (Å²) in [4.78, 5) is 3.41. The molecule has 1 heterocycles. The molecule has 0 saturated heterocycles. The maximum Gasteiger partial charge on any atom is 0.302 e. The van der Waals surface area contributed by atoms with E-state index in [1.54, 1.807) is 0 Å². The molecular weight excluding hydrogens is 117 g/mol. The first kappa shape index (κ1) is 6.30. The molecule has 1 aromatic rings. The third kappa shape index (κ3) is 1.45. The Balaban J connectivity index is 0.000000360. The van der Waals surface area contributed by atoms with E-state index in [4.69, 9.17) is 5.11 Å². The van der Waals surface area contributed by atoms with Gasteiger partial charge in [-0.1, -0.05) is 0 Å². The van der Waals surface area contributed by atoms with Crippen LogP contribution in [0, 0.1) is 0 Å². The van der Waals surface area contributed by atoms with Crippen LogP contribution in [0.1, 0.15) is 0 Å². The first-order chi connectivity index (χ1) is 2.89. The minimum Gasteiger partial charge on any atom is -0.480 e. The molecule has 0 amide bonds. The van der Waals surface area contributed by atoms with Crippen LogP contribution < -0.4 is 0 Å². The predicted octanol–water partition coefficient (Wildman–Crippen LogP) is 0.802. The summed E-state index contributed by atoms with van der Waals surface area (Å²) in [6.45, 7) is 0. The fourth-order valence-electron chi connectivity index (χ4n) is 0.209. The van der Waals surface area contributed by atoms with Crippen molar-refractivity contribution in [3.63, 3.8) is 0 Å². The van der Waals surface area contributed by atoms with Gasteiger partial charge in [-0.3, -0.25) is 0 Å². The summed E-state index contributed by atoms with van der Waals surface area (Å²) in [6.07, 6.45) is 2.38. The van der Waals surface area contributed by atoms with Crippen molar-refractivity contribution in [3.05, 3.63) is 12.6 Å². The van der Waals surface area contributed by atoms with E-state index < -0.39 is 0 Å². The van der Waals surface area contributed by atoms with E-state index in [1.165, 1.54) is 6.20 Å². The Morgan fingerprint density at radius 1 is 1.71 bits per heavy atom. The van der Waals surface area contributed by atoms with Gasteiger partial charge in [-0.25, -0.2) is 4.98 Å². The molecule has 7 heavy (non-hydrogen) atoms.